The molecule has 1 fully saturated rings. The predicted octanol–water partition coefficient (Wildman–Crippen LogP) is 3.45. The second kappa shape index (κ2) is 7.96. The molecule has 0 spiro atoms. The van der Waals surface area contributed by atoms with Crippen LogP contribution in [0.3, 0.4) is 0 Å². The van der Waals surface area contributed by atoms with E-state index >= 15 is 0 Å². The monoisotopic (exact) mass is 445 g/mol. The number of piperidine rings is 1. The fraction of sp³-hybridized carbons (Fsp3) is 0.429. The summed E-state index contributed by atoms with van der Waals surface area (Å²) in [5, 5.41) is 4.29. The first-order valence-electron chi connectivity index (χ1n) is 10.1. The molecule has 0 saturated carbocycles. The van der Waals surface area contributed by atoms with Gasteiger partial charge in [-0.25, -0.2) is 19.3 Å². The molecule has 4 heterocycles. The number of carbonyl (C=O) groups excluding carboxylic acids is 1. The summed E-state index contributed by atoms with van der Waals surface area (Å²) >= 11 is 6.09. The minimum absolute atomic E-state index is 0.0861. The summed E-state index contributed by atoms with van der Waals surface area (Å²) in [5.74, 6) is 5.91. The first-order valence-corrected chi connectivity index (χ1v) is 10.5. The predicted molar refractivity (Wildman–Crippen MR) is 119 cm³/mol. The summed E-state index contributed by atoms with van der Waals surface area (Å²) < 4.78 is 15.9. The highest BCUT2D eigenvalue weighted by Crippen LogP contribution is 2.30. The Balaban J connectivity index is 1.61. The number of halogens is 2. The molecule has 1 aliphatic heterocycles. The lowest BCUT2D eigenvalue weighted by molar-refractivity contribution is -0.140. The van der Waals surface area contributed by atoms with Gasteiger partial charge in [0.25, 0.3) is 0 Å². The summed E-state index contributed by atoms with van der Waals surface area (Å²) in [6.45, 7) is 6.90. The smallest absolute Gasteiger partial charge is 0.228 e. The number of carbonyl (C=O) groups is 1. The average molecular weight is 446 g/mol. The van der Waals surface area contributed by atoms with Crippen LogP contribution in [0.2, 0.25) is 5.02 Å². The van der Waals surface area contributed by atoms with E-state index in [9.17, 15) is 9.18 Å². The second-order valence-corrected chi connectivity index (χ2v) is 9.29. The lowest BCUT2D eigenvalue weighted by Gasteiger charge is -2.36. The van der Waals surface area contributed by atoms with Crippen LogP contribution in [0.4, 0.5) is 10.2 Å². The Morgan fingerprint density at radius 1 is 1.32 bits per heavy atom. The molecule has 3 aromatic rings. The molecule has 4 rings (SSSR count). The zero-order valence-electron chi connectivity index (χ0n) is 17.7. The fourth-order valence-corrected chi connectivity index (χ4v) is 3.99. The van der Waals surface area contributed by atoms with E-state index in [-0.39, 0.29) is 17.8 Å². The number of fused-ring (bicyclic) bond motifs is 1. The number of nitrogen functional groups attached to an aromatic ring is 1. The van der Waals surface area contributed by atoms with Gasteiger partial charge in [-0.05, 0) is 18.9 Å². The van der Waals surface area contributed by atoms with Gasteiger partial charge in [0.2, 0.25) is 5.91 Å². The van der Waals surface area contributed by atoms with Crippen LogP contribution < -0.4 is 11.2 Å². The summed E-state index contributed by atoms with van der Waals surface area (Å²) in [6.07, 6.45) is 5.92. The number of rotatable bonds is 3. The maximum absolute atomic E-state index is 14.5. The zero-order chi connectivity index (χ0) is 22.3. The maximum atomic E-state index is 14.5. The van der Waals surface area contributed by atoms with Crippen molar-refractivity contribution in [3.8, 4) is 11.4 Å². The number of pyridine rings is 1. The van der Waals surface area contributed by atoms with Crippen molar-refractivity contribution < 1.29 is 9.18 Å². The van der Waals surface area contributed by atoms with Crippen molar-refractivity contribution in [2.24, 2.45) is 5.41 Å². The van der Waals surface area contributed by atoms with Crippen molar-refractivity contribution in [2.75, 3.05) is 24.2 Å². The van der Waals surface area contributed by atoms with Crippen LogP contribution in [0.15, 0.2) is 24.7 Å². The van der Waals surface area contributed by atoms with Crippen molar-refractivity contribution in [2.45, 2.75) is 39.7 Å². The Hall–Kier alpha value is -2.94. The highest BCUT2D eigenvalue weighted by Gasteiger charge is 2.31. The van der Waals surface area contributed by atoms with Crippen LogP contribution in [-0.4, -0.2) is 49.6 Å². The van der Waals surface area contributed by atoms with Gasteiger partial charge in [0.05, 0.1) is 11.2 Å². The minimum atomic E-state index is -0.560. The minimum Gasteiger partial charge on any atom is -0.363 e. The third-order valence-corrected chi connectivity index (χ3v) is 5.52. The normalized spacial score (nSPS) is 17.2. The highest BCUT2D eigenvalue weighted by atomic mass is 35.5. The first-order chi connectivity index (χ1) is 14.6. The molecule has 1 amide bonds. The van der Waals surface area contributed by atoms with Crippen LogP contribution in [0.25, 0.3) is 22.4 Å². The van der Waals surface area contributed by atoms with Crippen molar-refractivity contribution in [1.82, 2.24) is 24.5 Å². The molecule has 164 valence electrons. The second-order valence-electron chi connectivity index (χ2n) is 8.85. The number of likely N-dealkylation sites (tertiary alicyclic amines) is 1. The Kier molecular flexibility index (Phi) is 5.47. The Morgan fingerprint density at radius 3 is 2.84 bits per heavy atom. The lowest BCUT2D eigenvalue weighted by Crippen LogP contribution is -2.49. The van der Waals surface area contributed by atoms with Crippen molar-refractivity contribution >= 4 is 34.4 Å². The summed E-state index contributed by atoms with van der Waals surface area (Å²) in [5.41, 5.74) is 0.662. The van der Waals surface area contributed by atoms with Crippen molar-refractivity contribution in [1.29, 1.82) is 0 Å². The molecule has 31 heavy (non-hydrogen) atoms. The molecular weight excluding hydrogens is 421 g/mol. The SMILES string of the molecule is CC(C)(C)C(=O)N1CCC[C@H](Nc2nc(-c3cn(N)c4ncc(Cl)cc34)ncc2F)C1. The van der Waals surface area contributed by atoms with Gasteiger partial charge >= 0.3 is 0 Å². The summed E-state index contributed by atoms with van der Waals surface area (Å²) in [4.78, 5) is 27.3. The van der Waals surface area contributed by atoms with Crippen molar-refractivity contribution in [3.63, 3.8) is 0 Å². The molecule has 1 atom stereocenters. The third-order valence-electron chi connectivity index (χ3n) is 5.31. The standard InChI is InChI=1S/C21H25ClFN7O/c1-21(2,3)20(31)29-6-4-5-13(10-29)27-18-16(23)9-25-17(28-18)15-11-30(24)19-14(15)7-12(22)8-26-19/h7-9,11,13H,4-6,10,24H2,1-3H3,(H,25,27,28)/t13-/m0/s1. The van der Waals surface area contributed by atoms with E-state index in [1.165, 1.54) is 10.9 Å². The number of amides is 1. The van der Waals surface area contributed by atoms with E-state index in [0.717, 1.165) is 19.0 Å². The average Bonchev–Trinajstić information content (AvgIpc) is 3.04. The van der Waals surface area contributed by atoms with Gasteiger partial charge in [0.1, 0.15) is 0 Å². The fourth-order valence-electron chi connectivity index (χ4n) is 3.83. The largest absolute Gasteiger partial charge is 0.363 e. The van der Waals surface area contributed by atoms with Gasteiger partial charge in [0.15, 0.2) is 23.1 Å². The number of nitrogens with two attached hydrogens (primary N) is 1. The quantitative estimate of drug-likeness (QED) is 0.599. The van der Waals surface area contributed by atoms with Gasteiger partial charge in [-0.15, -0.1) is 0 Å². The Labute approximate surface area is 184 Å². The highest BCUT2D eigenvalue weighted by molar-refractivity contribution is 6.31. The van der Waals surface area contributed by atoms with Crippen LogP contribution in [0.1, 0.15) is 33.6 Å². The Bertz CT molecular complexity index is 1140. The molecule has 1 saturated heterocycles. The molecule has 0 unspecified atom stereocenters. The van der Waals surface area contributed by atoms with Gasteiger partial charge in [-0.1, -0.05) is 32.4 Å². The van der Waals surface area contributed by atoms with Crippen LogP contribution in [-0.2, 0) is 4.79 Å². The number of nitrogens with zero attached hydrogens (tertiary/aromatic N) is 5. The number of hydrogen-bond acceptors (Lipinski definition) is 6. The first kappa shape index (κ1) is 21.3. The molecule has 0 bridgehead atoms. The number of anilines is 1. The number of aromatic nitrogens is 4. The van der Waals surface area contributed by atoms with Crippen LogP contribution in [0, 0.1) is 11.2 Å². The molecular formula is C21H25ClFN7O. The van der Waals surface area contributed by atoms with Crippen molar-refractivity contribution in [3.05, 3.63) is 35.5 Å². The maximum Gasteiger partial charge on any atom is 0.228 e. The molecule has 1 aliphatic rings. The van der Waals surface area contributed by atoms with Gasteiger partial charge in [-0.3, -0.25) is 9.47 Å². The van der Waals surface area contributed by atoms with E-state index in [1.54, 1.807) is 12.3 Å². The van der Waals surface area contributed by atoms with Gasteiger partial charge < -0.3 is 16.1 Å². The molecule has 0 aromatic carbocycles. The summed E-state index contributed by atoms with van der Waals surface area (Å²) in [6, 6.07) is 1.61. The van der Waals surface area contributed by atoms with Gasteiger partial charge in [-0.2, -0.15) is 0 Å². The van der Waals surface area contributed by atoms with E-state index in [2.05, 4.69) is 20.3 Å². The molecule has 3 aromatic heterocycles. The van der Waals surface area contributed by atoms with Crippen LogP contribution in [0.5, 0.6) is 0 Å². The third kappa shape index (κ3) is 4.27. The number of nitrogens with one attached hydrogen (secondary N) is 1. The molecule has 3 N–H and O–H groups in total. The number of hydrogen-bond donors (Lipinski definition) is 2. The molecule has 10 heteroatoms. The topological polar surface area (TPSA) is 102 Å². The van der Waals surface area contributed by atoms with E-state index in [4.69, 9.17) is 17.4 Å². The van der Waals surface area contributed by atoms with E-state index < -0.39 is 11.2 Å². The summed E-state index contributed by atoms with van der Waals surface area (Å²) in [7, 11) is 0. The Morgan fingerprint density at radius 2 is 2.10 bits per heavy atom. The van der Waals surface area contributed by atoms with Crippen LogP contribution >= 0.6 is 11.6 Å². The lowest BCUT2D eigenvalue weighted by atomic mass is 9.93. The molecule has 8 nitrogen and oxygen atoms in total. The van der Waals surface area contributed by atoms with E-state index in [1.807, 2.05) is 25.7 Å². The molecule has 0 radical (unpaired) electrons. The zero-order valence-corrected chi connectivity index (χ0v) is 18.4. The molecule has 0 aliphatic carbocycles. The van der Waals surface area contributed by atoms with E-state index in [0.29, 0.717) is 40.5 Å². The van der Waals surface area contributed by atoms with Gasteiger partial charge in [0, 0.05) is 47.9 Å².